The lowest BCUT2D eigenvalue weighted by Crippen LogP contribution is -2.40. The van der Waals surface area contributed by atoms with Crippen molar-refractivity contribution in [2.75, 3.05) is 26.7 Å². The van der Waals surface area contributed by atoms with Gasteiger partial charge in [0.15, 0.2) is 5.96 Å². The summed E-state index contributed by atoms with van der Waals surface area (Å²) in [6.45, 7) is 7.26. The van der Waals surface area contributed by atoms with Crippen LogP contribution in [0.3, 0.4) is 0 Å². The molecule has 8 nitrogen and oxygen atoms in total. The maximum atomic E-state index is 12.0. The van der Waals surface area contributed by atoms with Crippen molar-refractivity contribution >= 4 is 29.2 Å². The molecule has 1 amide bonds. The largest absolute Gasteiger partial charge is 0.462 e. The van der Waals surface area contributed by atoms with E-state index in [-0.39, 0.29) is 23.8 Å². The molecule has 0 radical (unpaired) electrons. The number of aryl methyl sites for hydroxylation is 1. The number of rotatable bonds is 9. The molecule has 156 valence electrons. The molecule has 1 aliphatic rings. The molecule has 0 saturated heterocycles. The quantitative estimate of drug-likeness (QED) is 0.250. The first kappa shape index (κ1) is 22.1. The number of carbonyl (C=O) groups is 2. The predicted molar refractivity (Wildman–Crippen MR) is 111 cm³/mol. The van der Waals surface area contributed by atoms with Crippen molar-refractivity contribution in [1.82, 2.24) is 20.9 Å². The minimum absolute atomic E-state index is 0.101. The second-order valence-electron chi connectivity index (χ2n) is 6.82. The molecule has 0 aliphatic heterocycles. The molecule has 1 atom stereocenters. The average Bonchev–Trinajstić information content (AvgIpc) is 3.01. The monoisotopic (exact) mass is 409 g/mol. The van der Waals surface area contributed by atoms with E-state index in [0.29, 0.717) is 36.2 Å². The Morgan fingerprint density at radius 2 is 2.04 bits per heavy atom. The van der Waals surface area contributed by atoms with E-state index in [1.165, 1.54) is 17.8 Å². The van der Waals surface area contributed by atoms with Crippen LogP contribution in [0.1, 0.15) is 65.9 Å². The summed E-state index contributed by atoms with van der Waals surface area (Å²) < 4.78 is 5.07. The van der Waals surface area contributed by atoms with Crippen LogP contribution in [0.4, 0.5) is 0 Å². The average molecular weight is 410 g/mol. The van der Waals surface area contributed by atoms with Crippen LogP contribution >= 0.6 is 11.3 Å². The van der Waals surface area contributed by atoms with E-state index in [2.05, 4.69) is 25.9 Å². The third-order valence-corrected chi connectivity index (χ3v) is 5.96. The van der Waals surface area contributed by atoms with E-state index in [1.54, 1.807) is 14.0 Å². The van der Waals surface area contributed by atoms with Gasteiger partial charge in [-0.1, -0.05) is 6.42 Å². The van der Waals surface area contributed by atoms with Crippen molar-refractivity contribution in [3.8, 4) is 0 Å². The summed E-state index contributed by atoms with van der Waals surface area (Å²) in [6, 6.07) is -0.101. The number of ether oxygens (including phenoxy) is 1. The Bertz CT molecular complexity index is 700. The van der Waals surface area contributed by atoms with Crippen LogP contribution in [0.2, 0.25) is 0 Å². The summed E-state index contributed by atoms with van der Waals surface area (Å²) >= 11 is 1.34. The van der Waals surface area contributed by atoms with Gasteiger partial charge in [-0.2, -0.15) is 0 Å². The molecule has 0 spiro atoms. The van der Waals surface area contributed by atoms with Gasteiger partial charge in [0.25, 0.3) is 0 Å². The first-order valence-corrected chi connectivity index (χ1v) is 10.7. The van der Waals surface area contributed by atoms with Crippen molar-refractivity contribution in [3.63, 3.8) is 0 Å². The first-order valence-electron chi connectivity index (χ1n) is 9.85. The highest BCUT2D eigenvalue weighted by molar-refractivity contribution is 7.13. The van der Waals surface area contributed by atoms with Crippen molar-refractivity contribution in [2.24, 2.45) is 10.9 Å². The molecular weight excluding hydrogens is 378 g/mol. The zero-order chi connectivity index (χ0) is 20.5. The van der Waals surface area contributed by atoms with E-state index in [9.17, 15) is 9.59 Å². The number of carbonyl (C=O) groups excluding carboxylic acids is 2. The van der Waals surface area contributed by atoms with Crippen LogP contribution in [0.15, 0.2) is 4.99 Å². The minimum atomic E-state index is -0.331. The van der Waals surface area contributed by atoms with Gasteiger partial charge in [-0.3, -0.25) is 9.79 Å². The molecule has 1 aromatic rings. The van der Waals surface area contributed by atoms with Crippen molar-refractivity contribution in [2.45, 2.75) is 52.5 Å². The molecule has 1 aromatic heterocycles. The SMILES string of the molecule is CCOC(=O)c1sc(C(C)NC(=NC)NCCCNC(=O)C2CCC2)nc1C. The van der Waals surface area contributed by atoms with E-state index >= 15 is 0 Å². The second-order valence-corrected chi connectivity index (χ2v) is 7.86. The van der Waals surface area contributed by atoms with Gasteiger partial charge in [0, 0.05) is 26.1 Å². The number of amides is 1. The van der Waals surface area contributed by atoms with Crippen LogP contribution < -0.4 is 16.0 Å². The van der Waals surface area contributed by atoms with Gasteiger partial charge < -0.3 is 20.7 Å². The van der Waals surface area contributed by atoms with Crippen LogP contribution in [0.5, 0.6) is 0 Å². The fourth-order valence-electron chi connectivity index (χ4n) is 2.77. The van der Waals surface area contributed by atoms with Gasteiger partial charge in [0.05, 0.1) is 18.3 Å². The summed E-state index contributed by atoms with van der Waals surface area (Å²) in [6.07, 6.45) is 4.02. The van der Waals surface area contributed by atoms with Gasteiger partial charge in [-0.05, 0) is 40.0 Å². The molecule has 1 unspecified atom stereocenters. The van der Waals surface area contributed by atoms with Crippen LogP contribution in [0, 0.1) is 12.8 Å². The van der Waals surface area contributed by atoms with E-state index in [0.717, 1.165) is 24.3 Å². The maximum Gasteiger partial charge on any atom is 0.350 e. The standard InChI is InChI=1S/C19H31N5O3S/c1-5-27-18(26)15-12(2)23-17(28-15)13(3)24-19(20-4)22-11-7-10-21-16(25)14-8-6-9-14/h13-14H,5-11H2,1-4H3,(H,21,25)(H2,20,22,24). The Morgan fingerprint density at radius 1 is 1.32 bits per heavy atom. The number of nitrogens with one attached hydrogen (secondary N) is 3. The van der Waals surface area contributed by atoms with Crippen molar-refractivity contribution in [3.05, 3.63) is 15.6 Å². The molecule has 0 bridgehead atoms. The molecule has 1 fully saturated rings. The van der Waals surface area contributed by atoms with Crippen molar-refractivity contribution < 1.29 is 14.3 Å². The highest BCUT2D eigenvalue weighted by Gasteiger charge is 2.24. The highest BCUT2D eigenvalue weighted by Crippen LogP contribution is 2.26. The number of hydrogen-bond donors (Lipinski definition) is 3. The number of guanidine groups is 1. The third-order valence-electron chi connectivity index (χ3n) is 4.64. The number of nitrogens with zero attached hydrogens (tertiary/aromatic N) is 2. The van der Waals surface area contributed by atoms with E-state index in [1.807, 2.05) is 13.8 Å². The lowest BCUT2D eigenvalue weighted by atomic mass is 9.85. The molecule has 1 saturated carbocycles. The van der Waals surface area contributed by atoms with Crippen molar-refractivity contribution in [1.29, 1.82) is 0 Å². The summed E-state index contributed by atoms with van der Waals surface area (Å²) in [7, 11) is 1.71. The van der Waals surface area contributed by atoms with Gasteiger partial charge in [-0.15, -0.1) is 11.3 Å². The fourth-order valence-corrected chi connectivity index (χ4v) is 3.73. The summed E-state index contributed by atoms with van der Waals surface area (Å²) in [4.78, 5) is 33.0. The molecule has 3 N–H and O–H groups in total. The van der Waals surface area contributed by atoms with Crippen LogP contribution in [-0.4, -0.2) is 49.6 Å². The lowest BCUT2D eigenvalue weighted by molar-refractivity contribution is -0.127. The fraction of sp³-hybridized carbons (Fsp3) is 0.684. The number of esters is 1. The summed E-state index contributed by atoms with van der Waals surface area (Å²) in [5.74, 6) is 0.731. The second kappa shape index (κ2) is 11.0. The van der Waals surface area contributed by atoms with Gasteiger partial charge in [0.2, 0.25) is 5.91 Å². The van der Waals surface area contributed by atoms with E-state index < -0.39 is 0 Å². The molecule has 2 rings (SSSR count). The summed E-state index contributed by atoms with van der Waals surface area (Å²) in [5, 5.41) is 10.3. The first-order chi connectivity index (χ1) is 13.5. The van der Waals surface area contributed by atoms with Crippen LogP contribution in [0.25, 0.3) is 0 Å². The topological polar surface area (TPSA) is 105 Å². The van der Waals surface area contributed by atoms with E-state index in [4.69, 9.17) is 4.74 Å². The smallest absolute Gasteiger partial charge is 0.350 e. The third kappa shape index (κ3) is 6.19. The Balaban J connectivity index is 1.75. The maximum absolute atomic E-state index is 12.0. The van der Waals surface area contributed by atoms with Gasteiger partial charge >= 0.3 is 5.97 Å². The summed E-state index contributed by atoms with van der Waals surface area (Å²) in [5.41, 5.74) is 0.678. The molecular formula is C19H31N5O3S. The number of aliphatic imine (C=N–C) groups is 1. The van der Waals surface area contributed by atoms with Gasteiger partial charge in [-0.25, -0.2) is 9.78 Å². The normalized spacial score (nSPS) is 15.5. The zero-order valence-electron chi connectivity index (χ0n) is 17.1. The Labute approximate surface area is 170 Å². The number of thiazole rings is 1. The minimum Gasteiger partial charge on any atom is -0.462 e. The predicted octanol–water partition coefficient (Wildman–Crippen LogP) is 2.16. The molecule has 9 heteroatoms. The number of hydrogen-bond acceptors (Lipinski definition) is 6. The molecule has 0 aromatic carbocycles. The molecule has 28 heavy (non-hydrogen) atoms. The highest BCUT2D eigenvalue weighted by atomic mass is 32.1. The molecule has 1 heterocycles. The Morgan fingerprint density at radius 3 is 2.64 bits per heavy atom. The lowest BCUT2D eigenvalue weighted by Gasteiger charge is -2.24. The Hall–Kier alpha value is -2.16. The molecule has 1 aliphatic carbocycles. The Kier molecular flexibility index (Phi) is 8.69. The zero-order valence-corrected chi connectivity index (χ0v) is 17.9. The van der Waals surface area contributed by atoms with Gasteiger partial charge in [0.1, 0.15) is 9.88 Å². The number of aromatic nitrogens is 1. The van der Waals surface area contributed by atoms with Crippen LogP contribution in [-0.2, 0) is 9.53 Å².